The molecule has 2 aromatic carbocycles. The molecule has 2 saturated carbocycles. The minimum absolute atomic E-state index is 0.0474. The van der Waals surface area contributed by atoms with Crippen molar-refractivity contribution in [2.75, 3.05) is 10.7 Å². The Morgan fingerprint density at radius 3 is 2.36 bits per heavy atom. The SMILES string of the molecule is CC12CCC(C(=O)Nc3ccc(Cl)cc3Cl)(C(=O)/C1=N\Nc1ccc([N+](=O)[O-])cc1)C2(C)C. The van der Waals surface area contributed by atoms with Crippen LogP contribution in [0.3, 0.4) is 0 Å². The maximum atomic E-state index is 13.7. The van der Waals surface area contributed by atoms with Crippen LogP contribution in [0.15, 0.2) is 47.6 Å². The normalized spacial score (nSPS) is 26.5. The zero-order valence-corrected chi connectivity index (χ0v) is 19.8. The van der Waals surface area contributed by atoms with Crippen molar-refractivity contribution in [3.8, 4) is 0 Å². The van der Waals surface area contributed by atoms with E-state index in [1.807, 2.05) is 20.8 Å². The third-order valence-electron chi connectivity index (χ3n) is 7.51. The van der Waals surface area contributed by atoms with Crippen molar-refractivity contribution in [3.63, 3.8) is 0 Å². The number of halogens is 2. The molecule has 0 aromatic heterocycles. The first kappa shape index (κ1) is 23.2. The Balaban J connectivity index is 1.66. The maximum Gasteiger partial charge on any atom is 0.269 e. The molecule has 0 radical (unpaired) electrons. The van der Waals surface area contributed by atoms with Crippen LogP contribution in [0.25, 0.3) is 0 Å². The lowest BCUT2D eigenvalue weighted by atomic mass is 9.64. The number of anilines is 2. The van der Waals surface area contributed by atoms with Gasteiger partial charge in [0.1, 0.15) is 11.1 Å². The van der Waals surface area contributed by atoms with E-state index in [9.17, 15) is 19.7 Å². The molecule has 2 atom stereocenters. The van der Waals surface area contributed by atoms with Crippen LogP contribution in [0.1, 0.15) is 33.6 Å². The molecular weight excluding hydrogens is 467 g/mol. The van der Waals surface area contributed by atoms with E-state index in [0.29, 0.717) is 29.2 Å². The quantitative estimate of drug-likeness (QED) is 0.318. The number of nitro benzene ring substituents is 1. The van der Waals surface area contributed by atoms with Gasteiger partial charge in [0, 0.05) is 22.6 Å². The van der Waals surface area contributed by atoms with Crippen molar-refractivity contribution in [2.45, 2.75) is 33.6 Å². The Labute approximate surface area is 200 Å². The van der Waals surface area contributed by atoms with Gasteiger partial charge in [0.2, 0.25) is 5.91 Å². The number of benzene rings is 2. The first-order chi connectivity index (χ1) is 15.4. The number of amides is 1. The summed E-state index contributed by atoms with van der Waals surface area (Å²) in [5, 5.41) is 18.8. The Morgan fingerprint density at radius 2 is 1.76 bits per heavy atom. The van der Waals surface area contributed by atoms with Gasteiger partial charge in [-0.3, -0.25) is 25.1 Å². The summed E-state index contributed by atoms with van der Waals surface area (Å²) in [5.41, 5.74) is 1.29. The molecule has 2 aliphatic rings. The second-order valence-corrected chi connectivity index (χ2v) is 9.99. The summed E-state index contributed by atoms with van der Waals surface area (Å²) >= 11 is 12.2. The zero-order valence-electron chi connectivity index (χ0n) is 18.2. The van der Waals surface area contributed by atoms with E-state index in [1.54, 1.807) is 12.1 Å². The number of hydrazone groups is 1. The second-order valence-electron chi connectivity index (χ2n) is 9.15. The van der Waals surface area contributed by atoms with Gasteiger partial charge in [-0.1, -0.05) is 44.0 Å². The second kappa shape index (κ2) is 7.81. The van der Waals surface area contributed by atoms with E-state index in [1.165, 1.54) is 30.3 Å². The number of non-ortho nitro benzene ring substituents is 1. The Morgan fingerprint density at radius 1 is 1.09 bits per heavy atom. The minimum atomic E-state index is -1.30. The predicted octanol–water partition coefficient (Wildman–Crippen LogP) is 5.70. The van der Waals surface area contributed by atoms with Gasteiger partial charge in [-0.25, -0.2) is 0 Å². The first-order valence-electron chi connectivity index (χ1n) is 10.3. The molecule has 172 valence electrons. The fourth-order valence-corrected chi connectivity index (χ4v) is 5.53. The van der Waals surface area contributed by atoms with Crippen LogP contribution in [-0.4, -0.2) is 22.3 Å². The number of fused-ring (bicyclic) bond motifs is 2. The Hall–Kier alpha value is -2.97. The third-order valence-corrected chi connectivity index (χ3v) is 8.06. The molecule has 10 heteroatoms. The lowest BCUT2D eigenvalue weighted by molar-refractivity contribution is -0.384. The van der Waals surface area contributed by atoms with Crippen molar-refractivity contribution in [1.29, 1.82) is 0 Å². The van der Waals surface area contributed by atoms with Gasteiger partial charge in [0.05, 0.1) is 21.3 Å². The number of ketones is 1. The number of Topliss-reactive ketones (excluding diaryl/α,β-unsaturated/α-hetero) is 1. The molecule has 0 saturated heterocycles. The lowest BCUT2D eigenvalue weighted by Crippen LogP contribution is -2.47. The summed E-state index contributed by atoms with van der Waals surface area (Å²) in [6, 6.07) is 10.5. The van der Waals surface area contributed by atoms with E-state index < -0.39 is 27.1 Å². The van der Waals surface area contributed by atoms with Gasteiger partial charge in [0.15, 0.2) is 5.78 Å². The largest absolute Gasteiger partial charge is 0.324 e. The number of nitrogens with one attached hydrogen (secondary N) is 2. The summed E-state index contributed by atoms with van der Waals surface area (Å²) < 4.78 is 0. The molecule has 2 unspecified atom stereocenters. The Bertz CT molecular complexity index is 1210. The number of carbonyl (C=O) groups excluding carboxylic acids is 2. The van der Waals surface area contributed by atoms with Crippen molar-refractivity contribution in [3.05, 3.63) is 62.6 Å². The molecule has 2 aliphatic carbocycles. The summed E-state index contributed by atoms with van der Waals surface area (Å²) in [6.07, 6.45) is 0.997. The highest BCUT2D eigenvalue weighted by Gasteiger charge is 2.76. The molecular formula is C23H22Cl2N4O4. The third kappa shape index (κ3) is 3.31. The van der Waals surface area contributed by atoms with Crippen LogP contribution >= 0.6 is 23.2 Å². The van der Waals surface area contributed by atoms with Gasteiger partial charge in [-0.05, 0) is 48.6 Å². The van der Waals surface area contributed by atoms with Crippen LogP contribution in [0, 0.1) is 26.4 Å². The summed E-state index contributed by atoms with van der Waals surface area (Å²) in [4.78, 5) is 37.6. The number of nitro groups is 1. The number of hydrogen-bond donors (Lipinski definition) is 2. The highest BCUT2D eigenvalue weighted by Crippen LogP contribution is 2.69. The van der Waals surface area contributed by atoms with Crippen LogP contribution in [0.4, 0.5) is 17.1 Å². The molecule has 33 heavy (non-hydrogen) atoms. The first-order valence-corrected chi connectivity index (χ1v) is 11.1. The van der Waals surface area contributed by atoms with E-state index in [0.717, 1.165) is 0 Å². The van der Waals surface area contributed by atoms with Crippen LogP contribution in [-0.2, 0) is 9.59 Å². The highest BCUT2D eigenvalue weighted by molar-refractivity contribution is 6.51. The van der Waals surface area contributed by atoms with E-state index in [4.69, 9.17) is 23.2 Å². The number of rotatable bonds is 5. The van der Waals surface area contributed by atoms with Crippen molar-refractivity contribution >= 4 is 57.7 Å². The highest BCUT2D eigenvalue weighted by atomic mass is 35.5. The van der Waals surface area contributed by atoms with E-state index in [2.05, 4.69) is 15.8 Å². The smallest absolute Gasteiger partial charge is 0.269 e. The number of hydrogen-bond acceptors (Lipinski definition) is 6. The Kier molecular flexibility index (Phi) is 5.49. The zero-order chi connectivity index (χ0) is 24.2. The average Bonchev–Trinajstić information content (AvgIpc) is 3.04. The molecule has 4 rings (SSSR count). The predicted molar refractivity (Wildman–Crippen MR) is 128 cm³/mol. The van der Waals surface area contributed by atoms with Crippen LogP contribution in [0.5, 0.6) is 0 Å². The summed E-state index contributed by atoms with van der Waals surface area (Å²) in [6.45, 7) is 5.77. The molecule has 2 fully saturated rings. The number of nitrogens with zero attached hydrogens (tertiary/aromatic N) is 2. The van der Waals surface area contributed by atoms with Gasteiger partial charge in [-0.15, -0.1) is 0 Å². The molecule has 0 spiro atoms. The molecule has 2 bridgehead atoms. The van der Waals surface area contributed by atoms with Crippen LogP contribution in [0.2, 0.25) is 10.0 Å². The van der Waals surface area contributed by atoms with Crippen LogP contribution < -0.4 is 10.7 Å². The molecule has 1 amide bonds. The van der Waals surface area contributed by atoms with Gasteiger partial charge < -0.3 is 5.32 Å². The molecule has 8 nitrogen and oxygen atoms in total. The summed E-state index contributed by atoms with van der Waals surface area (Å²) in [7, 11) is 0. The minimum Gasteiger partial charge on any atom is -0.324 e. The van der Waals surface area contributed by atoms with Crippen molar-refractivity contribution in [1.82, 2.24) is 0 Å². The molecule has 2 aromatic rings. The van der Waals surface area contributed by atoms with Gasteiger partial charge >= 0.3 is 0 Å². The lowest BCUT2D eigenvalue weighted by Gasteiger charge is -2.37. The van der Waals surface area contributed by atoms with Crippen molar-refractivity contribution < 1.29 is 14.5 Å². The van der Waals surface area contributed by atoms with E-state index >= 15 is 0 Å². The molecule has 0 heterocycles. The van der Waals surface area contributed by atoms with Crippen molar-refractivity contribution in [2.24, 2.45) is 21.3 Å². The molecule has 0 aliphatic heterocycles. The average molecular weight is 489 g/mol. The van der Waals surface area contributed by atoms with Gasteiger partial charge in [0.25, 0.3) is 5.69 Å². The topological polar surface area (TPSA) is 114 Å². The fourth-order valence-electron chi connectivity index (χ4n) is 5.07. The molecule has 2 N–H and O–H groups in total. The monoisotopic (exact) mass is 488 g/mol. The standard InChI is InChI=1S/C23H22Cl2N4O4/c1-21(2)22(3)10-11-23(21,20(31)26-17-9-4-13(24)12-16(17)25)19(30)18(22)28-27-14-5-7-15(8-6-14)29(32)33/h4-9,12,27H,10-11H2,1-3H3,(H,26,31)/b28-18+. The fraction of sp³-hybridized carbons (Fsp3) is 0.348. The van der Waals surface area contributed by atoms with E-state index in [-0.39, 0.29) is 22.2 Å². The number of carbonyl (C=O) groups is 2. The maximum absolute atomic E-state index is 13.7. The summed E-state index contributed by atoms with van der Waals surface area (Å²) in [5.74, 6) is -0.760. The van der Waals surface area contributed by atoms with Gasteiger partial charge in [-0.2, -0.15) is 5.10 Å².